The van der Waals surface area contributed by atoms with Crippen molar-refractivity contribution in [2.45, 2.75) is 63.5 Å². The Hall–Kier alpha value is -5.88. The molecule has 16 nitrogen and oxygen atoms in total. The first-order chi connectivity index (χ1) is 27.6. The van der Waals surface area contributed by atoms with Crippen LogP contribution in [0.15, 0.2) is 53.4 Å². The number of anilines is 2. The van der Waals surface area contributed by atoms with Gasteiger partial charge in [-0.05, 0) is 68.2 Å². The number of nitrogens with one attached hydrogen (secondary N) is 3. The second kappa shape index (κ2) is 16.3. The molecule has 0 bridgehead atoms. The maximum absolute atomic E-state index is 14.1. The fourth-order valence-electron chi connectivity index (χ4n) is 7.46. The summed E-state index contributed by atoms with van der Waals surface area (Å²) >= 11 is 0. The normalized spacial score (nSPS) is 19.0. The van der Waals surface area contributed by atoms with Crippen molar-refractivity contribution in [2.75, 3.05) is 50.0 Å². The van der Waals surface area contributed by atoms with Crippen molar-refractivity contribution in [3.63, 3.8) is 0 Å². The van der Waals surface area contributed by atoms with E-state index in [1.165, 1.54) is 30.0 Å². The van der Waals surface area contributed by atoms with Gasteiger partial charge in [0, 0.05) is 50.6 Å². The predicted molar refractivity (Wildman–Crippen MR) is 198 cm³/mol. The summed E-state index contributed by atoms with van der Waals surface area (Å²) < 4.78 is 41.1. The first kappa shape index (κ1) is 38.0. The molecule has 1 unspecified atom stereocenters. The SMILES string of the molecule is O=C1CCC(N2C(=O)c3cccc(CCOCCN4CCC(n5cc(NC(=O)c6coc(-c7ccnc(NCC8CC8)c7)n6)c(C(F)F)n5)CC4)c3C2=O)C(=O)N1. The Morgan fingerprint density at radius 2 is 1.86 bits per heavy atom. The highest BCUT2D eigenvalue weighted by molar-refractivity contribution is 6.24. The molecule has 4 aliphatic rings. The standard InChI is InChI=1S/C39H41F2N9O7/c40-34(41)33-27(44-35(52)28-21-57-37(45-28)24-8-12-42-30(18-24)43-19-22-4-5-22)20-49(47-33)25-9-13-48(14-10-25)15-17-56-16-11-23-2-1-3-26-32(23)39(55)50(38(26)54)29-6-7-31(51)46-36(29)53/h1-3,8,12,18,20-22,25,29,34H,4-7,9-11,13-17,19H2,(H,42,43)(H,44,52)(H,46,51,53). The third-order valence-electron chi connectivity index (χ3n) is 10.8. The Morgan fingerprint density at radius 1 is 1.04 bits per heavy atom. The number of piperidine rings is 2. The third-order valence-corrected chi connectivity index (χ3v) is 10.8. The Labute approximate surface area is 325 Å². The van der Waals surface area contributed by atoms with Crippen LogP contribution in [0.25, 0.3) is 11.5 Å². The van der Waals surface area contributed by atoms with E-state index in [4.69, 9.17) is 9.15 Å². The summed E-state index contributed by atoms with van der Waals surface area (Å²) in [4.78, 5) is 75.3. The van der Waals surface area contributed by atoms with Gasteiger partial charge in [-0.2, -0.15) is 5.10 Å². The van der Waals surface area contributed by atoms with Gasteiger partial charge < -0.3 is 24.7 Å². The minimum absolute atomic E-state index is 0.0476. The Balaban J connectivity index is 0.802. The van der Waals surface area contributed by atoms with Gasteiger partial charge in [0.25, 0.3) is 24.1 Å². The molecule has 18 heteroatoms. The number of nitrogens with zero attached hydrogens (tertiary/aromatic N) is 6. The number of likely N-dealkylation sites (tertiary alicyclic amines) is 1. The lowest BCUT2D eigenvalue weighted by molar-refractivity contribution is -0.136. The highest BCUT2D eigenvalue weighted by Gasteiger charge is 2.45. The summed E-state index contributed by atoms with van der Waals surface area (Å²) in [6, 6.07) is 7.31. The van der Waals surface area contributed by atoms with Crippen molar-refractivity contribution in [2.24, 2.45) is 5.92 Å². The fourth-order valence-corrected chi connectivity index (χ4v) is 7.46. The van der Waals surface area contributed by atoms with Crippen LogP contribution >= 0.6 is 0 Å². The summed E-state index contributed by atoms with van der Waals surface area (Å²) in [5.41, 5.74) is 1.06. The third kappa shape index (κ3) is 8.32. The smallest absolute Gasteiger partial charge is 0.284 e. The molecule has 57 heavy (non-hydrogen) atoms. The van der Waals surface area contributed by atoms with E-state index in [-0.39, 0.29) is 47.3 Å². The van der Waals surface area contributed by atoms with Crippen LogP contribution in [-0.4, -0.2) is 105 Å². The van der Waals surface area contributed by atoms with Gasteiger partial charge >= 0.3 is 0 Å². The van der Waals surface area contributed by atoms with Gasteiger partial charge in [-0.1, -0.05) is 12.1 Å². The van der Waals surface area contributed by atoms with Crippen LogP contribution in [0.5, 0.6) is 0 Å². The van der Waals surface area contributed by atoms with Gasteiger partial charge in [-0.3, -0.25) is 38.9 Å². The zero-order chi connectivity index (χ0) is 39.6. The van der Waals surface area contributed by atoms with E-state index in [2.05, 4.69) is 35.9 Å². The first-order valence-corrected chi connectivity index (χ1v) is 19.1. The van der Waals surface area contributed by atoms with Gasteiger partial charge in [0.1, 0.15) is 18.1 Å². The van der Waals surface area contributed by atoms with Gasteiger partial charge in [0.2, 0.25) is 17.7 Å². The van der Waals surface area contributed by atoms with E-state index in [0.29, 0.717) is 75.0 Å². The Kier molecular flexibility index (Phi) is 10.9. The Morgan fingerprint density at radius 3 is 2.63 bits per heavy atom. The van der Waals surface area contributed by atoms with Crippen LogP contribution < -0.4 is 16.0 Å². The number of carbonyl (C=O) groups is 5. The average molecular weight is 786 g/mol. The molecule has 3 aromatic heterocycles. The number of hydrogen-bond acceptors (Lipinski definition) is 12. The lowest BCUT2D eigenvalue weighted by atomic mass is 10.0. The molecule has 3 fully saturated rings. The number of fused-ring (bicyclic) bond motifs is 1. The van der Waals surface area contributed by atoms with Crippen molar-refractivity contribution in [3.8, 4) is 11.5 Å². The molecule has 3 N–H and O–H groups in total. The summed E-state index contributed by atoms with van der Waals surface area (Å²) in [6.07, 6.45) is 5.52. The number of halogens is 2. The number of alkyl halides is 2. The number of carbonyl (C=O) groups excluding carboxylic acids is 5. The van der Waals surface area contributed by atoms with E-state index in [9.17, 15) is 32.8 Å². The molecule has 2 saturated heterocycles. The average Bonchev–Trinajstić information content (AvgIpc) is 3.61. The van der Waals surface area contributed by atoms with Crippen LogP contribution in [0.1, 0.15) is 93.5 Å². The number of imide groups is 2. The van der Waals surface area contributed by atoms with Crippen LogP contribution in [0.2, 0.25) is 0 Å². The molecule has 5 amide bonds. The number of amides is 5. The molecule has 298 valence electrons. The number of benzene rings is 1. The van der Waals surface area contributed by atoms with Crippen molar-refractivity contribution in [1.29, 1.82) is 0 Å². The maximum Gasteiger partial charge on any atom is 0.284 e. The molecule has 1 aliphatic carbocycles. The molecule has 6 heterocycles. The quantitative estimate of drug-likeness (QED) is 0.115. The number of pyridine rings is 1. The van der Waals surface area contributed by atoms with Crippen molar-refractivity contribution in [1.82, 2.24) is 34.9 Å². The summed E-state index contributed by atoms with van der Waals surface area (Å²) in [7, 11) is 0. The molecule has 0 spiro atoms. The van der Waals surface area contributed by atoms with E-state index >= 15 is 0 Å². The molecule has 3 aliphatic heterocycles. The molecular weight excluding hydrogens is 744 g/mol. The molecule has 4 aromatic rings. The largest absolute Gasteiger partial charge is 0.444 e. The molecule has 0 radical (unpaired) electrons. The van der Waals surface area contributed by atoms with Gasteiger partial charge in [-0.25, -0.2) is 18.7 Å². The highest BCUT2D eigenvalue weighted by Crippen LogP contribution is 2.33. The van der Waals surface area contributed by atoms with Crippen molar-refractivity contribution in [3.05, 3.63) is 77.1 Å². The minimum Gasteiger partial charge on any atom is -0.444 e. The zero-order valence-corrected chi connectivity index (χ0v) is 30.9. The lowest BCUT2D eigenvalue weighted by Gasteiger charge is -2.31. The molecular formula is C39H41F2N9O7. The molecule has 1 atom stereocenters. The first-order valence-electron chi connectivity index (χ1n) is 19.1. The zero-order valence-electron chi connectivity index (χ0n) is 30.9. The van der Waals surface area contributed by atoms with Crippen LogP contribution in [0, 0.1) is 5.92 Å². The molecule has 8 rings (SSSR count). The summed E-state index contributed by atoms with van der Waals surface area (Å²) in [6.45, 7) is 3.51. The molecule has 1 aromatic carbocycles. The highest BCUT2D eigenvalue weighted by atomic mass is 19.3. The van der Waals surface area contributed by atoms with Gasteiger partial charge in [-0.15, -0.1) is 0 Å². The topological polar surface area (TPSA) is 194 Å². The fraction of sp³-hybridized carbons (Fsp3) is 0.436. The monoisotopic (exact) mass is 785 g/mol. The summed E-state index contributed by atoms with van der Waals surface area (Å²) in [5, 5.41) is 12.2. The maximum atomic E-state index is 14.1. The number of aromatic nitrogens is 4. The predicted octanol–water partition coefficient (Wildman–Crippen LogP) is 4.24. The van der Waals surface area contributed by atoms with Crippen LogP contribution in [0.4, 0.5) is 20.3 Å². The van der Waals surface area contributed by atoms with Gasteiger partial charge in [0.05, 0.1) is 36.1 Å². The number of hydrogen-bond donors (Lipinski definition) is 3. The van der Waals surface area contributed by atoms with Crippen molar-refractivity contribution >= 4 is 41.0 Å². The van der Waals surface area contributed by atoms with E-state index < -0.39 is 47.7 Å². The lowest BCUT2D eigenvalue weighted by Crippen LogP contribution is -2.54. The van der Waals surface area contributed by atoms with Crippen molar-refractivity contribution < 1.29 is 41.9 Å². The van der Waals surface area contributed by atoms with E-state index in [1.54, 1.807) is 36.5 Å². The summed E-state index contributed by atoms with van der Waals surface area (Å²) in [5.74, 6) is -1.36. The van der Waals surface area contributed by atoms with Gasteiger partial charge in [0.15, 0.2) is 11.4 Å². The van der Waals surface area contributed by atoms with Crippen LogP contribution in [0.3, 0.4) is 0 Å². The van der Waals surface area contributed by atoms with Crippen LogP contribution in [-0.2, 0) is 20.7 Å². The van der Waals surface area contributed by atoms with E-state index in [0.717, 1.165) is 11.4 Å². The second-order valence-corrected chi connectivity index (χ2v) is 14.7. The Bertz CT molecular complexity index is 2190. The second-order valence-electron chi connectivity index (χ2n) is 14.7. The number of ether oxygens (including phenoxy) is 1. The number of rotatable bonds is 15. The molecule has 1 saturated carbocycles. The number of oxazole rings is 1. The van der Waals surface area contributed by atoms with E-state index in [1.807, 2.05) is 0 Å². The minimum atomic E-state index is -2.91.